The molecule has 0 aromatic carbocycles. The fourth-order valence-corrected chi connectivity index (χ4v) is 3.45. The van der Waals surface area contributed by atoms with Gasteiger partial charge in [0.25, 0.3) is 5.91 Å². The van der Waals surface area contributed by atoms with Crippen LogP contribution in [0.25, 0.3) is 0 Å². The van der Waals surface area contributed by atoms with Gasteiger partial charge in [-0.1, -0.05) is 12.8 Å². The first-order chi connectivity index (χ1) is 11.6. The van der Waals surface area contributed by atoms with Gasteiger partial charge in [-0.25, -0.2) is 0 Å². The van der Waals surface area contributed by atoms with E-state index in [1.54, 1.807) is 13.1 Å². The number of pyridine rings is 1. The van der Waals surface area contributed by atoms with Crippen LogP contribution in [0, 0.1) is 0 Å². The summed E-state index contributed by atoms with van der Waals surface area (Å²) >= 11 is 0. The van der Waals surface area contributed by atoms with Crippen LogP contribution in [0.2, 0.25) is 0 Å². The highest BCUT2D eigenvalue weighted by Crippen LogP contribution is 2.19. The lowest BCUT2D eigenvalue weighted by molar-refractivity contribution is -0.129. The standard InChI is InChI=1S/C18H26N4O2/c1-15(23)20-10-12-21(13-11-20)16-6-7-19-17(14-16)18(24)22-8-4-2-3-5-9-22/h6-7,14H,2-5,8-13H2,1H3. The van der Waals surface area contributed by atoms with E-state index in [2.05, 4.69) is 9.88 Å². The number of amides is 2. The van der Waals surface area contributed by atoms with E-state index >= 15 is 0 Å². The third kappa shape index (κ3) is 3.86. The number of carbonyl (C=O) groups excluding carboxylic acids is 2. The third-order valence-corrected chi connectivity index (χ3v) is 4.95. The minimum atomic E-state index is 0.0427. The minimum absolute atomic E-state index is 0.0427. The zero-order valence-electron chi connectivity index (χ0n) is 14.4. The van der Waals surface area contributed by atoms with Gasteiger partial charge in [-0.15, -0.1) is 0 Å². The number of hydrogen-bond acceptors (Lipinski definition) is 4. The molecule has 2 saturated heterocycles. The molecule has 0 unspecified atom stereocenters. The molecule has 0 aliphatic carbocycles. The molecule has 3 heterocycles. The number of rotatable bonds is 2. The number of nitrogens with zero attached hydrogens (tertiary/aromatic N) is 4. The lowest BCUT2D eigenvalue weighted by Crippen LogP contribution is -2.48. The lowest BCUT2D eigenvalue weighted by atomic mass is 10.2. The van der Waals surface area contributed by atoms with Crippen LogP contribution in [-0.2, 0) is 4.79 Å². The van der Waals surface area contributed by atoms with E-state index in [9.17, 15) is 9.59 Å². The highest BCUT2D eigenvalue weighted by molar-refractivity contribution is 5.93. The predicted molar refractivity (Wildman–Crippen MR) is 93.1 cm³/mol. The largest absolute Gasteiger partial charge is 0.368 e. The van der Waals surface area contributed by atoms with Gasteiger partial charge in [-0.2, -0.15) is 0 Å². The maximum Gasteiger partial charge on any atom is 0.272 e. The normalized spacial score (nSPS) is 19.1. The monoisotopic (exact) mass is 330 g/mol. The highest BCUT2D eigenvalue weighted by Gasteiger charge is 2.22. The zero-order valence-corrected chi connectivity index (χ0v) is 14.4. The molecule has 0 spiro atoms. The SMILES string of the molecule is CC(=O)N1CCN(c2ccnc(C(=O)N3CCCCCC3)c2)CC1. The molecular formula is C18H26N4O2. The Morgan fingerprint density at radius 1 is 0.917 bits per heavy atom. The van der Waals surface area contributed by atoms with E-state index in [1.807, 2.05) is 21.9 Å². The maximum atomic E-state index is 12.7. The quantitative estimate of drug-likeness (QED) is 0.829. The molecule has 2 aliphatic rings. The molecule has 2 amide bonds. The number of piperazine rings is 1. The smallest absolute Gasteiger partial charge is 0.272 e. The lowest BCUT2D eigenvalue weighted by Gasteiger charge is -2.35. The molecule has 6 heteroatoms. The number of likely N-dealkylation sites (tertiary alicyclic amines) is 1. The van der Waals surface area contributed by atoms with Gasteiger partial charge >= 0.3 is 0 Å². The molecule has 0 saturated carbocycles. The van der Waals surface area contributed by atoms with E-state index < -0.39 is 0 Å². The number of carbonyl (C=O) groups is 2. The van der Waals surface area contributed by atoms with Crippen LogP contribution in [0.5, 0.6) is 0 Å². The van der Waals surface area contributed by atoms with Gasteiger partial charge < -0.3 is 14.7 Å². The van der Waals surface area contributed by atoms with Gasteiger partial charge in [0.05, 0.1) is 0 Å². The molecule has 3 rings (SSSR count). The molecule has 0 N–H and O–H groups in total. The Hall–Kier alpha value is -2.11. The Balaban J connectivity index is 1.68. The van der Waals surface area contributed by atoms with Crippen molar-refractivity contribution < 1.29 is 9.59 Å². The fourth-order valence-electron chi connectivity index (χ4n) is 3.45. The summed E-state index contributed by atoms with van der Waals surface area (Å²) in [5.74, 6) is 0.169. The molecule has 0 atom stereocenters. The van der Waals surface area contributed by atoms with Crippen molar-refractivity contribution in [3.8, 4) is 0 Å². The molecule has 2 aliphatic heterocycles. The average molecular weight is 330 g/mol. The molecule has 1 aromatic heterocycles. The summed E-state index contributed by atoms with van der Waals surface area (Å²) in [5, 5.41) is 0. The number of anilines is 1. The Bertz CT molecular complexity index is 588. The Morgan fingerprint density at radius 2 is 1.58 bits per heavy atom. The van der Waals surface area contributed by atoms with Gasteiger partial charge in [0.1, 0.15) is 5.69 Å². The predicted octanol–water partition coefficient (Wildman–Crippen LogP) is 1.77. The molecule has 0 bridgehead atoms. The van der Waals surface area contributed by atoms with Gasteiger partial charge in [0.15, 0.2) is 0 Å². The van der Waals surface area contributed by atoms with Crippen LogP contribution < -0.4 is 4.90 Å². The summed E-state index contributed by atoms with van der Waals surface area (Å²) in [5.41, 5.74) is 1.55. The van der Waals surface area contributed by atoms with Gasteiger partial charge in [0, 0.05) is 58.1 Å². The van der Waals surface area contributed by atoms with E-state index in [-0.39, 0.29) is 11.8 Å². The van der Waals surface area contributed by atoms with Crippen LogP contribution >= 0.6 is 0 Å². The molecule has 130 valence electrons. The van der Waals surface area contributed by atoms with E-state index in [0.717, 1.165) is 57.8 Å². The molecule has 24 heavy (non-hydrogen) atoms. The van der Waals surface area contributed by atoms with Crippen molar-refractivity contribution in [1.82, 2.24) is 14.8 Å². The topological polar surface area (TPSA) is 56.8 Å². The first kappa shape index (κ1) is 16.7. The number of aromatic nitrogens is 1. The van der Waals surface area contributed by atoms with E-state index in [0.29, 0.717) is 5.69 Å². The minimum Gasteiger partial charge on any atom is -0.368 e. The van der Waals surface area contributed by atoms with Gasteiger partial charge in [-0.3, -0.25) is 14.6 Å². The van der Waals surface area contributed by atoms with Crippen molar-refractivity contribution in [2.75, 3.05) is 44.2 Å². The molecule has 6 nitrogen and oxygen atoms in total. The molecule has 0 radical (unpaired) electrons. The van der Waals surface area contributed by atoms with Crippen molar-refractivity contribution in [3.05, 3.63) is 24.0 Å². The fraction of sp³-hybridized carbons (Fsp3) is 0.611. The summed E-state index contributed by atoms with van der Waals surface area (Å²) in [6, 6.07) is 3.85. The Kier molecular flexibility index (Phi) is 5.33. The zero-order chi connectivity index (χ0) is 16.9. The second kappa shape index (κ2) is 7.64. The summed E-state index contributed by atoms with van der Waals surface area (Å²) in [7, 11) is 0. The summed E-state index contributed by atoms with van der Waals surface area (Å²) in [6.45, 7) is 6.33. The average Bonchev–Trinajstić information content (AvgIpc) is 2.90. The van der Waals surface area contributed by atoms with E-state index in [1.165, 1.54) is 12.8 Å². The Morgan fingerprint density at radius 3 is 2.21 bits per heavy atom. The van der Waals surface area contributed by atoms with Crippen LogP contribution in [0.1, 0.15) is 43.1 Å². The van der Waals surface area contributed by atoms with E-state index in [4.69, 9.17) is 0 Å². The molecule has 1 aromatic rings. The first-order valence-corrected chi connectivity index (χ1v) is 8.91. The van der Waals surface area contributed by atoms with Crippen LogP contribution in [0.4, 0.5) is 5.69 Å². The second-order valence-corrected chi connectivity index (χ2v) is 6.60. The third-order valence-electron chi connectivity index (χ3n) is 4.95. The van der Waals surface area contributed by atoms with Crippen molar-refractivity contribution in [2.45, 2.75) is 32.6 Å². The maximum absolute atomic E-state index is 12.7. The van der Waals surface area contributed by atoms with Crippen LogP contribution in [0.3, 0.4) is 0 Å². The van der Waals surface area contributed by atoms with Crippen molar-refractivity contribution in [2.24, 2.45) is 0 Å². The summed E-state index contributed by atoms with van der Waals surface area (Å²) in [4.78, 5) is 34.5. The number of hydrogen-bond donors (Lipinski definition) is 0. The second-order valence-electron chi connectivity index (χ2n) is 6.60. The van der Waals surface area contributed by atoms with Gasteiger partial charge in [-0.05, 0) is 25.0 Å². The summed E-state index contributed by atoms with van der Waals surface area (Å²) < 4.78 is 0. The summed E-state index contributed by atoms with van der Waals surface area (Å²) in [6.07, 6.45) is 6.30. The Labute approximate surface area is 143 Å². The first-order valence-electron chi connectivity index (χ1n) is 8.91. The van der Waals surface area contributed by atoms with Crippen LogP contribution in [-0.4, -0.2) is 65.9 Å². The van der Waals surface area contributed by atoms with Crippen LogP contribution in [0.15, 0.2) is 18.3 Å². The molecular weight excluding hydrogens is 304 g/mol. The molecule has 2 fully saturated rings. The van der Waals surface area contributed by atoms with Crippen molar-refractivity contribution in [3.63, 3.8) is 0 Å². The van der Waals surface area contributed by atoms with Gasteiger partial charge in [0.2, 0.25) is 5.91 Å². The van der Waals surface area contributed by atoms with Crippen molar-refractivity contribution in [1.29, 1.82) is 0 Å². The highest BCUT2D eigenvalue weighted by atomic mass is 16.2. The van der Waals surface area contributed by atoms with Crippen molar-refractivity contribution >= 4 is 17.5 Å².